The zero-order chi connectivity index (χ0) is 24.3. The molecule has 0 unspecified atom stereocenters. The number of nitriles is 1. The summed E-state index contributed by atoms with van der Waals surface area (Å²) in [6.45, 7) is 5.20. The third-order valence-electron chi connectivity index (χ3n) is 4.80. The van der Waals surface area contributed by atoms with E-state index in [1.165, 1.54) is 24.5 Å². The van der Waals surface area contributed by atoms with Crippen LogP contribution in [0.2, 0.25) is 0 Å². The SMILES string of the molecule is CCCCOc1ccc(-c2csc(NC(=O)/C(C#N)=C/c3ccc(OCC)c(OC)c3)n2)cc1. The first kappa shape index (κ1) is 24.8. The van der Waals surface area contributed by atoms with Crippen LogP contribution in [0.4, 0.5) is 5.13 Å². The minimum Gasteiger partial charge on any atom is -0.494 e. The summed E-state index contributed by atoms with van der Waals surface area (Å²) in [6.07, 6.45) is 3.60. The maximum absolute atomic E-state index is 12.7. The van der Waals surface area contributed by atoms with Crippen LogP contribution in [0.3, 0.4) is 0 Å². The number of anilines is 1. The summed E-state index contributed by atoms with van der Waals surface area (Å²) in [7, 11) is 1.54. The number of carbonyl (C=O) groups is 1. The Labute approximate surface area is 203 Å². The van der Waals surface area contributed by atoms with Gasteiger partial charge < -0.3 is 14.2 Å². The van der Waals surface area contributed by atoms with Crippen molar-refractivity contribution in [1.29, 1.82) is 5.26 Å². The average Bonchev–Trinajstić information content (AvgIpc) is 3.32. The lowest BCUT2D eigenvalue weighted by molar-refractivity contribution is -0.112. The van der Waals surface area contributed by atoms with Crippen molar-refractivity contribution in [2.75, 3.05) is 25.6 Å². The van der Waals surface area contributed by atoms with Crippen LogP contribution >= 0.6 is 11.3 Å². The average molecular weight is 478 g/mol. The fourth-order valence-electron chi connectivity index (χ4n) is 3.05. The number of methoxy groups -OCH3 is 1. The van der Waals surface area contributed by atoms with Crippen LogP contribution in [0.15, 0.2) is 53.4 Å². The van der Waals surface area contributed by atoms with Gasteiger partial charge in [-0.25, -0.2) is 4.98 Å². The van der Waals surface area contributed by atoms with Gasteiger partial charge in [0, 0.05) is 10.9 Å². The van der Waals surface area contributed by atoms with Crippen LogP contribution in [0.5, 0.6) is 17.2 Å². The first-order valence-corrected chi connectivity index (χ1v) is 11.9. The number of benzene rings is 2. The molecule has 1 heterocycles. The molecule has 0 aliphatic rings. The highest BCUT2D eigenvalue weighted by Crippen LogP contribution is 2.30. The Morgan fingerprint density at radius 3 is 2.62 bits per heavy atom. The van der Waals surface area contributed by atoms with Crippen LogP contribution in [0, 0.1) is 11.3 Å². The molecule has 0 aliphatic carbocycles. The predicted octanol–water partition coefficient (Wildman–Crippen LogP) is 5.94. The Hall–Kier alpha value is -3.83. The lowest BCUT2D eigenvalue weighted by Crippen LogP contribution is -2.13. The van der Waals surface area contributed by atoms with E-state index in [4.69, 9.17) is 14.2 Å². The van der Waals surface area contributed by atoms with E-state index in [-0.39, 0.29) is 5.57 Å². The van der Waals surface area contributed by atoms with Crippen molar-refractivity contribution in [2.24, 2.45) is 0 Å². The largest absolute Gasteiger partial charge is 0.494 e. The second kappa shape index (κ2) is 12.4. The van der Waals surface area contributed by atoms with Gasteiger partial charge in [-0.1, -0.05) is 19.4 Å². The van der Waals surface area contributed by atoms with Gasteiger partial charge in [-0.2, -0.15) is 5.26 Å². The Kier molecular flexibility index (Phi) is 9.06. The fraction of sp³-hybridized carbons (Fsp3) is 0.269. The molecule has 0 fully saturated rings. The fourth-order valence-corrected chi connectivity index (χ4v) is 3.76. The Bertz CT molecular complexity index is 1180. The third-order valence-corrected chi connectivity index (χ3v) is 5.56. The molecule has 0 atom stereocenters. The van der Waals surface area contributed by atoms with Gasteiger partial charge in [-0.05, 0) is 61.4 Å². The van der Waals surface area contributed by atoms with Crippen molar-refractivity contribution < 1.29 is 19.0 Å². The molecule has 2 aromatic carbocycles. The molecule has 1 amide bonds. The molecular weight excluding hydrogens is 450 g/mol. The number of thiazole rings is 1. The van der Waals surface area contributed by atoms with E-state index in [0.717, 1.165) is 29.8 Å². The Morgan fingerprint density at radius 1 is 1.15 bits per heavy atom. The number of nitrogens with one attached hydrogen (secondary N) is 1. The molecule has 0 saturated carbocycles. The van der Waals surface area contributed by atoms with E-state index in [1.807, 2.05) is 42.6 Å². The highest BCUT2D eigenvalue weighted by atomic mass is 32.1. The monoisotopic (exact) mass is 477 g/mol. The van der Waals surface area contributed by atoms with Crippen LogP contribution in [-0.2, 0) is 4.79 Å². The predicted molar refractivity (Wildman–Crippen MR) is 134 cm³/mol. The Balaban J connectivity index is 1.69. The van der Waals surface area contributed by atoms with Gasteiger partial charge in [0.05, 0.1) is 26.0 Å². The number of nitrogens with zero attached hydrogens (tertiary/aromatic N) is 2. The van der Waals surface area contributed by atoms with Gasteiger partial charge in [0.25, 0.3) is 5.91 Å². The minimum atomic E-state index is -0.532. The van der Waals surface area contributed by atoms with Crippen LogP contribution in [0.25, 0.3) is 17.3 Å². The molecule has 0 aliphatic heterocycles. The van der Waals surface area contributed by atoms with Gasteiger partial charge in [-0.15, -0.1) is 11.3 Å². The summed E-state index contributed by atoms with van der Waals surface area (Å²) in [5, 5.41) is 14.5. The summed E-state index contributed by atoms with van der Waals surface area (Å²) in [5.41, 5.74) is 2.25. The maximum Gasteiger partial charge on any atom is 0.268 e. The summed E-state index contributed by atoms with van der Waals surface area (Å²) >= 11 is 1.29. The van der Waals surface area contributed by atoms with Crippen LogP contribution in [-0.4, -0.2) is 31.2 Å². The van der Waals surface area contributed by atoms with Crippen molar-refractivity contribution >= 4 is 28.5 Å². The van der Waals surface area contributed by atoms with Gasteiger partial charge >= 0.3 is 0 Å². The Morgan fingerprint density at radius 2 is 1.94 bits per heavy atom. The van der Waals surface area contributed by atoms with Crippen molar-refractivity contribution in [3.05, 3.63) is 59.0 Å². The van der Waals surface area contributed by atoms with Gasteiger partial charge in [0.2, 0.25) is 0 Å². The van der Waals surface area contributed by atoms with E-state index in [0.29, 0.717) is 35.4 Å². The molecule has 0 spiro atoms. The van der Waals surface area contributed by atoms with Crippen molar-refractivity contribution in [1.82, 2.24) is 4.98 Å². The first-order valence-electron chi connectivity index (χ1n) is 11.0. The molecule has 3 aromatic rings. The van der Waals surface area contributed by atoms with Gasteiger partial charge in [0.1, 0.15) is 17.4 Å². The number of aromatic nitrogens is 1. The van der Waals surface area contributed by atoms with Gasteiger partial charge in [-0.3, -0.25) is 10.1 Å². The quantitative estimate of drug-likeness (QED) is 0.209. The first-order chi connectivity index (χ1) is 16.6. The topological polar surface area (TPSA) is 93.5 Å². The number of rotatable bonds is 11. The number of hydrogen-bond donors (Lipinski definition) is 1. The maximum atomic E-state index is 12.7. The lowest BCUT2D eigenvalue weighted by Gasteiger charge is -2.09. The number of amides is 1. The van der Waals surface area contributed by atoms with Crippen molar-refractivity contribution in [3.63, 3.8) is 0 Å². The van der Waals surface area contributed by atoms with E-state index >= 15 is 0 Å². The molecule has 7 nitrogen and oxygen atoms in total. The number of carbonyl (C=O) groups excluding carboxylic acids is 1. The molecule has 34 heavy (non-hydrogen) atoms. The number of unbranched alkanes of at least 4 members (excludes halogenated alkanes) is 1. The van der Waals surface area contributed by atoms with Crippen LogP contribution in [0.1, 0.15) is 32.3 Å². The highest BCUT2D eigenvalue weighted by Gasteiger charge is 2.14. The zero-order valence-electron chi connectivity index (χ0n) is 19.5. The molecule has 0 bridgehead atoms. The second-order valence-electron chi connectivity index (χ2n) is 7.23. The molecule has 8 heteroatoms. The standard InChI is InChI=1S/C26H27N3O4S/c1-4-6-13-33-21-10-8-19(9-11-21)22-17-34-26(28-22)29-25(30)20(16-27)14-18-7-12-23(32-5-2)24(15-18)31-3/h7-12,14-15,17H,4-6,13H2,1-3H3,(H,28,29,30)/b20-14+. The summed E-state index contributed by atoms with van der Waals surface area (Å²) in [6, 6.07) is 14.9. The second-order valence-corrected chi connectivity index (χ2v) is 8.09. The lowest BCUT2D eigenvalue weighted by atomic mass is 10.1. The molecular formula is C26H27N3O4S. The summed E-state index contributed by atoms with van der Waals surface area (Å²) in [5.74, 6) is 1.41. The van der Waals surface area contributed by atoms with E-state index in [2.05, 4.69) is 17.2 Å². The zero-order valence-corrected chi connectivity index (χ0v) is 20.3. The van der Waals surface area contributed by atoms with Crippen molar-refractivity contribution in [2.45, 2.75) is 26.7 Å². The summed E-state index contributed by atoms with van der Waals surface area (Å²) in [4.78, 5) is 17.2. The molecule has 0 saturated heterocycles. The third kappa shape index (κ3) is 6.59. The molecule has 3 rings (SSSR count). The molecule has 1 N–H and O–H groups in total. The van der Waals surface area contributed by atoms with Crippen molar-refractivity contribution in [3.8, 4) is 34.6 Å². The van der Waals surface area contributed by atoms with E-state index in [9.17, 15) is 10.1 Å². The highest BCUT2D eigenvalue weighted by molar-refractivity contribution is 7.14. The minimum absolute atomic E-state index is 0.0449. The normalized spacial score (nSPS) is 10.9. The number of ether oxygens (including phenoxy) is 3. The molecule has 176 valence electrons. The summed E-state index contributed by atoms with van der Waals surface area (Å²) < 4.78 is 16.5. The number of hydrogen-bond acceptors (Lipinski definition) is 7. The molecule has 1 aromatic heterocycles. The van der Waals surface area contributed by atoms with E-state index < -0.39 is 5.91 Å². The smallest absolute Gasteiger partial charge is 0.268 e. The van der Waals surface area contributed by atoms with Crippen LogP contribution < -0.4 is 19.5 Å². The van der Waals surface area contributed by atoms with E-state index in [1.54, 1.807) is 18.2 Å². The van der Waals surface area contributed by atoms with Gasteiger partial charge in [0.15, 0.2) is 16.6 Å². The molecule has 0 radical (unpaired) electrons.